The van der Waals surface area contributed by atoms with Crippen molar-refractivity contribution in [2.45, 2.75) is 12.8 Å². The number of carbonyl (C=O) groups is 1. The molecule has 1 amide bonds. The fourth-order valence-electron chi connectivity index (χ4n) is 2.06. The zero-order valence-corrected chi connectivity index (χ0v) is 13.1. The van der Waals surface area contributed by atoms with Crippen LogP contribution in [-0.2, 0) is 12.8 Å². The number of aromatic nitrogens is 2. The minimum absolute atomic E-state index is 0.00241. The maximum absolute atomic E-state index is 14.4. The molecule has 0 aliphatic rings. The van der Waals surface area contributed by atoms with Gasteiger partial charge in [-0.05, 0) is 24.3 Å². The van der Waals surface area contributed by atoms with Crippen molar-refractivity contribution in [3.05, 3.63) is 52.5 Å². The summed E-state index contributed by atoms with van der Waals surface area (Å²) in [6.45, 7) is -0.336. The minimum atomic E-state index is -4.61. The standard InChI is InChI=1S/C15H9F4N3O2S/c16-12-8(2-3-9-13(12)22-11(6-23)25-9)21-14(24)7-1-4-10(20-5-7)15(17,18)19/h1-5,23H,6H2,(H,21,24). The fraction of sp³-hybridized carbons (Fsp3) is 0.133. The molecule has 2 aromatic heterocycles. The van der Waals surface area contributed by atoms with Gasteiger partial charge in [-0.2, -0.15) is 13.2 Å². The zero-order valence-electron chi connectivity index (χ0n) is 12.3. The normalized spacial score (nSPS) is 11.7. The first-order chi connectivity index (χ1) is 11.8. The Morgan fingerprint density at radius 3 is 2.60 bits per heavy atom. The molecule has 1 aromatic carbocycles. The average molecular weight is 371 g/mol. The molecule has 0 saturated carbocycles. The highest BCUT2D eigenvalue weighted by Crippen LogP contribution is 2.30. The maximum atomic E-state index is 14.4. The molecule has 0 unspecified atom stereocenters. The van der Waals surface area contributed by atoms with Gasteiger partial charge in [-0.25, -0.2) is 9.37 Å². The summed E-state index contributed by atoms with van der Waals surface area (Å²) in [7, 11) is 0. The van der Waals surface area contributed by atoms with Gasteiger partial charge in [0.1, 0.15) is 16.2 Å². The fourth-order valence-corrected chi connectivity index (χ4v) is 2.89. The van der Waals surface area contributed by atoms with E-state index in [9.17, 15) is 22.4 Å². The second-order valence-electron chi connectivity index (χ2n) is 4.92. The number of aliphatic hydroxyl groups is 1. The van der Waals surface area contributed by atoms with Crippen LogP contribution in [0.25, 0.3) is 10.2 Å². The van der Waals surface area contributed by atoms with Gasteiger partial charge in [0.15, 0.2) is 5.82 Å². The monoisotopic (exact) mass is 371 g/mol. The van der Waals surface area contributed by atoms with Crippen LogP contribution < -0.4 is 5.32 Å². The molecule has 130 valence electrons. The average Bonchev–Trinajstić information content (AvgIpc) is 3.01. The Kier molecular flexibility index (Phi) is 4.39. The van der Waals surface area contributed by atoms with E-state index in [-0.39, 0.29) is 23.4 Å². The SMILES string of the molecule is O=C(Nc1ccc2sc(CO)nc2c1F)c1ccc(C(F)(F)F)nc1. The smallest absolute Gasteiger partial charge is 0.389 e. The van der Waals surface area contributed by atoms with Crippen molar-refractivity contribution in [2.75, 3.05) is 5.32 Å². The molecule has 2 heterocycles. The van der Waals surface area contributed by atoms with E-state index in [0.29, 0.717) is 15.8 Å². The van der Waals surface area contributed by atoms with Crippen molar-refractivity contribution in [3.8, 4) is 0 Å². The molecule has 0 bridgehead atoms. The molecule has 5 nitrogen and oxygen atoms in total. The van der Waals surface area contributed by atoms with Gasteiger partial charge >= 0.3 is 6.18 Å². The van der Waals surface area contributed by atoms with Gasteiger partial charge in [-0.3, -0.25) is 9.78 Å². The summed E-state index contributed by atoms with van der Waals surface area (Å²) in [5, 5.41) is 11.6. The highest BCUT2D eigenvalue weighted by molar-refractivity contribution is 7.18. The van der Waals surface area contributed by atoms with Crippen LogP contribution in [0, 0.1) is 5.82 Å². The van der Waals surface area contributed by atoms with Crippen molar-refractivity contribution < 1.29 is 27.5 Å². The van der Waals surface area contributed by atoms with Crippen LogP contribution >= 0.6 is 11.3 Å². The van der Waals surface area contributed by atoms with Gasteiger partial charge in [-0.1, -0.05) is 0 Å². The highest BCUT2D eigenvalue weighted by Gasteiger charge is 2.32. The first-order valence-corrected chi connectivity index (χ1v) is 7.64. The quantitative estimate of drug-likeness (QED) is 0.690. The van der Waals surface area contributed by atoms with E-state index in [0.717, 1.165) is 23.6 Å². The number of thiazole rings is 1. The number of nitrogens with one attached hydrogen (secondary N) is 1. The molecule has 0 atom stereocenters. The summed E-state index contributed by atoms with van der Waals surface area (Å²) in [4.78, 5) is 19.2. The van der Waals surface area contributed by atoms with Crippen LogP contribution in [0.1, 0.15) is 21.1 Å². The Hall–Kier alpha value is -2.59. The lowest BCUT2D eigenvalue weighted by molar-refractivity contribution is -0.141. The van der Waals surface area contributed by atoms with E-state index >= 15 is 0 Å². The number of pyridine rings is 1. The van der Waals surface area contributed by atoms with Gasteiger partial charge in [0.25, 0.3) is 5.91 Å². The molecule has 25 heavy (non-hydrogen) atoms. The van der Waals surface area contributed by atoms with Gasteiger partial charge in [-0.15, -0.1) is 11.3 Å². The molecule has 0 radical (unpaired) electrons. The van der Waals surface area contributed by atoms with Crippen LogP contribution in [0.4, 0.5) is 23.2 Å². The van der Waals surface area contributed by atoms with Crippen molar-refractivity contribution >= 4 is 33.1 Å². The molecule has 2 N–H and O–H groups in total. The number of fused-ring (bicyclic) bond motifs is 1. The molecule has 3 rings (SSSR count). The molecule has 3 aromatic rings. The number of anilines is 1. The third-order valence-corrected chi connectivity index (χ3v) is 4.25. The van der Waals surface area contributed by atoms with Crippen LogP contribution in [-0.4, -0.2) is 21.0 Å². The first-order valence-electron chi connectivity index (χ1n) is 6.83. The second-order valence-corrected chi connectivity index (χ2v) is 6.04. The number of hydrogen-bond acceptors (Lipinski definition) is 5. The largest absolute Gasteiger partial charge is 0.433 e. The Balaban J connectivity index is 1.85. The third-order valence-electron chi connectivity index (χ3n) is 3.24. The Morgan fingerprint density at radius 2 is 2.00 bits per heavy atom. The molecule has 10 heteroatoms. The number of alkyl halides is 3. The van der Waals surface area contributed by atoms with E-state index < -0.39 is 23.6 Å². The van der Waals surface area contributed by atoms with Crippen molar-refractivity contribution in [1.82, 2.24) is 9.97 Å². The highest BCUT2D eigenvalue weighted by atomic mass is 32.1. The number of amides is 1. The molecule has 0 spiro atoms. The predicted octanol–water partition coefficient (Wildman–Crippen LogP) is 3.59. The van der Waals surface area contributed by atoms with Gasteiger partial charge < -0.3 is 10.4 Å². The predicted molar refractivity (Wildman–Crippen MR) is 82.7 cm³/mol. The summed E-state index contributed by atoms with van der Waals surface area (Å²) in [5.41, 5.74) is -1.46. The van der Waals surface area contributed by atoms with Crippen molar-refractivity contribution in [3.63, 3.8) is 0 Å². The lowest BCUT2D eigenvalue weighted by Crippen LogP contribution is -2.15. The zero-order chi connectivity index (χ0) is 18.2. The van der Waals surface area contributed by atoms with E-state index in [4.69, 9.17) is 5.11 Å². The van der Waals surface area contributed by atoms with E-state index in [2.05, 4.69) is 15.3 Å². The Bertz CT molecular complexity index is 938. The lowest BCUT2D eigenvalue weighted by Gasteiger charge is -2.08. The van der Waals surface area contributed by atoms with E-state index in [1.807, 2.05) is 0 Å². The summed E-state index contributed by atoms with van der Waals surface area (Å²) < 4.78 is 52.3. The molecule has 0 saturated heterocycles. The summed E-state index contributed by atoms with van der Waals surface area (Å²) in [5.74, 6) is -1.60. The molecular formula is C15H9F4N3O2S. The number of rotatable bonds is 3. The van der Waals surface area contributed by atoms with E-state index in [1.54, 1.807) is 0 Å². The minimum Gasteiger partial charge on any atom is -0.389 e. The second kappa shape index (κ2) is 6.37. The molecule has 0 fully saturated rings. The Labute approximate surface area is 142 Å². The Morgan fingerprint density at radius 1 is 1.24 bits per heavy atom. The van der Waals surface area contributed by atoms with Gasteiger partial charge in [0.2, 0.25) is 0 Å². The first kappa shape index (κ1) is 17.2. The summed E-state index contributed by atoms with van der Waals surface area (Å²) in [6, 6.07) is 4.46. The number of hydrogen-bond donors (Lipinski definition) is 2. The lowest BCUT2D eigenvalue weighted by atomic mass is 10.2. The number of aliphatic hydroxyl groups excluding tert-OH is 1. The molecular weight excluding hydrogens is 362 g/mol. The van der Waals surface area contributed by atoms with Crippen molar-refractivity contribution in [2.24, 2.45) is 0 Å². The van der Waals surface area contributed by atoms with Crippen LogP contribution in [0.5, 0.6) is 0 Å². The number of carbonyl (C=O) groups excluding carboxylic acids is 1. The third kappa shape index (κ3) is 3.44. The topological polar surface area (TPSA) is 75.1 Å². The molecule has 0 aliphatic carbocycles. The number of nitrogens with zero attached hydrogens (tertiary/aromatic N) is 2. The van der Waals surface area contributed by atoms with E-state index in [1.165, 1.54) is 12.1 Å². The van der Waals surface area contributed by atoms with Crippen LogP contribution in [0.2, 0.25) is 0 Å². The van der Waals surface area contributed by atoms with Gasteiger partial charge in [0.05, 0.1) is 22.6 Å². The van der Waals surface area contributed by atoms with Crippen LogP contribution in [0.3, 0.4) is 0 Å². The number of halogens is 4. The summed E-state index contributed by atoms with van der Waals surface area (Å²) in [6.07, 6.45) is -3.84. The van der Waals surface area contributed by atoms with Gasteiger partial charge in [0, 0.05) is 6.20 Å². The summed E-state index contributed by atoms with van der Waals surface area (Å²) >= 11 is 1.11. The van der Waals surface area contributed by atoms with Crippen LogP contribution in [0.15, 0.2) is 30.5 Å². The maximum Gasteiger partial charge on any atom is 0.433 e. The van der Waals surface area contributed by atoms with Crippen molar-refractivity contribution in [1.29, 1.82) is 0 Å². The molecule has 0 aliphatic heterocycles. The number of benzene rings is 1.